The third-order valence-corrected chi connectivity index (χ3v) is 5.61. The second-order valence-corrected chi connectivity index (χ2v) is 8.18. The lowest BCUT2D eigenvalue weighted by Crippen LogP contribution is -2.31. The molecule has 1 amide bonds. The third kappa shape index (κ3) is 5.43. The van der Waals surface area contributed by atoms with E-state index in [-0.39, 0.29) is 29.5 Å². The number of ketones is 1. The number of nitro benzene ring substituents is 1. The Hall–Kier alpha value is -3.92. The van der Waals surface area contributed by atoms with Crippen molar-refractivity contribution in [3.05, 3.63) is 69.3 Å². The predicted octanol–water partition coefficient (Wildman–Crippen LogP) is 3.85. The average molecular weight is 485 g/mol. The first-order valence-corrected chi connectivity index (χ1v) is 11.1. The lowest BCUT2D eigenvalue weighted by atomic mass is 9.95. The van der Waals surface area contributed by atoms with Gasteiger partial charge in [0.15, 0.2) is 11.5 Å². The molecule has 1 aliphatic rings. The number of Topliss-reactive ketones (excluding diaryl/α,β-unsaturated/α-hetero) is 1. The van der Waals surface area contributed by atoms with E-state index in [9.17, 15) is 24.8 Å². The number of aliphatic hydroxyl groups is 1. The fraction of sp³-hybridized carbons (Fsp3) is 0.360. The lowest BCUT2D eigenvalue weighted by Gasteiger charge is -2.26. The van der Waals surface area contributed by atoms with Gasteiger partial charge in [0.05, 0.1) is 36.9 Å². The quantitative estimate of drug-likeness (QED) is 0.134. The minimum Gasteiger partial charge on any atom is -0.507 e. The molecule has 1 saturated heterocycles. The number of ether oxygens (including phenoxy) is 3. The Balaban J connectivity index is 2.09. The highest BCUT2D eigenvalue weighted by Gasteiger charge is 2.46. The maximum absolute atomic E-state index is 13.1. The van der Waals surface area contributed by atoms with Crippen molar-refractivity contribution >= 4 is 23.1 Å². The summed E-state index contributed by atoms with van der Waals surface area (Å²) in [6.45, 7) is 4.41. The molecule has 0 bridgehead atoms. The van der Waals surface area contributed by atoms with Crippen LogP contribution in [-0.4, -0.2) is 60.1 Å². The molecule has 0 unspecified atom stereocenters. The molecule has 2 aromatic carbocycles. The highest BCUT2D eigenvalue weighted by atomic mass is 16.6. The van der Waals surface area contributed by atoms with Crippen LogP contribution in [-0.2, 0) is 14.3 Å². The zero-order chi connectivity index (χ0) is 25.7. The number of rotatable bonds is 10. The van der Waals surface area contributed by atoms with Gasteiger partial charge in [-0.1, -0.05) is 6.07 Å². The Bertz CT molecular complexity index is 1140. The van der Waals surface area contributed by atoms with Crippen LogP contribution < -0.4 is 9.47 Å². The molecule has 35 heavy (non-hydrogen) atoms. The van der Waals surface area contributed by atoms with Gasteiger partial charge in [-0.15, -0.1) is 0 Å². The van der Waals surface area contributed by atoms with Gasteiger partial charge in [-0.05, 0) is 50.1 Å². The number of carbonyl (C=O) groups is 2. The van der Waals surface area contributed by atoms with Gasteiger partial charge in [0, 0.05) is 30.8 Å². The predicted molar refractivity (Wildman–Crippen MR) is 127 cm³/mol. The Morgan fingerprint density at radius 2 is 1.74 bits per heavy atom. The van der Waals surface area contributed by atoms with Gasteiger partial charge in [-0.25, -0.2) is 0 Å². The normalized spacial score (nSPS) is 17.2. The maximum atomic E-state index is 13.1. The second-order valence-electron chi connectivity index (χ2n) is 8.18. The van der Waals surface area contributed by atoms with E-state index in [0.717, 1.165) is 0 Å². The van der Waals surface area contributed by atoms with Crippen LogP contribution in [0.4, 0.5) is 5.69 Å². The topological polar surface area (TPSA) is 128 Å². The standard InChI is InChI=1S/C25H28N2O8/c1-15(2)35-13-5-12-26-22(17-8-11-19(33-3)20(14-17)34-4)21(24(29)25(26)30)23(28)16-6-9-18(10-7-16)27(31)32/h6-11,14-15,22,28H,5,12-13H2,1-4H3/t22-/m1/s1. The van der Waals surface area contributed by atoms with Gasteiger partial charge >= 0.3 is 0 Å². The van der Waals surface area contributed by atoms with Crippen LogP contribution in [0.2, 0.25) is 0 Å². The van der Waals surface area contributed by atoms with Gasteiger partial charge in [0.2, 0.25) is 0 Å². The molecule has 0 spiro atoms. The fourth-order valence-corrected chi connectivity index (χ4v) is 3.93. The molecule has 10 nitrogen and oxygen atoms in total. The van der Waals surface area contributed by atoms with Crippen molar-refractivity contribution in [2.75, 3.05) is 27.4 Å². The van der Waals surface area contributed by atoms with Crippen LogP contribution in [0, 0.1) is 10.1 Å². The molecule has 1 aliphatic heterocycles. The van der Waals surface area contributed by atoms with Crippen molar-refractivity contribution in [2.45, 2.75) is 32.4 Å². The molecule has 1 N–H and O–H groups in total. The summed E-state index contributed by atoms with van der Waals surface area (Å²) in [5.41, 5.74) is 0.446. The summed E-state index contributed by atoms with van der Waals surface area (Å²) in [6.07, 6.45) is 0.501. The Labute approximate surface area is 202 Å². The van der Waals surface area contributed by atoms with E-state index in [1.165, 1.54) is 43.4 Å². The summed E-state index contributed by atoms with van der Waals surface area (Å²) in [6, 6.07) is 9.21. The first-order chi connectivity index (χ1) is 16.7. The molecule has 1 atom stereocenters. The molecule has 10 heteroatoms. The molecular formula is C25H28N2O8. The first kappa shape index (κ1) is 25.7. The number of non-ortho nitro benzene ring substituents is 1. The highest BCUT2D eigenvalue weighted by molar-refractivity contribution is 6.46. The number of likely N-dealkylation sites (tertiary alicyclic amines) is 1. The number of carbonyl (C=O) groups excluding carboxylic acids is 2. The monoisotopic (exact) mass is 484 g/mol. The lowest BCUT2D eigenvalue weighted by molar-refractivity contribution is -0.384. The van der Waals surface area contributed by atoms with E-state index in [1.54, 1.807) is 18.2 Å². The summed E-state index contributed by atoms with van der Waals surface area (Å²) >= 11 is 0. The molecule has 0 aliphatic carbocycles. The van der Waals surface area contributed by atoms with Crippen LogP contribution >= 0.6 is 0 Å². The summed E-state index contributed by atoms with van der Waals surface area (Å²) in [7, 11) is 2.96. The van der Waals surface area contributed by atoms with Gasteiger partial charge < -0.3 is 24.2 Å². The largest absolute Gasteiger partial charge is 0.507 e. The number of nitrogens with zero attached hydrogens (tertiary/aromatic N) is 2. The van der Waals surface area contributed by atoms with E-state index in [4.69, 9.17) is 14.2 Å². The summed E-state index contributed by atoms with van der Waals surface area (Å²) in [5, 5.41) is 22.1. The van der Waals surface area contributed by atoms with Crippen LogP contribution in [0.3, 0.4) is 0 Å². The molecule has 0 aromatic heterocycles. The average Bonchev–Trinajstić information content (AvgIpc) is 3.10. The van der Waals surface area contributed by atoms with Gasteiger partial charge in [-0.2, -0.15) is 0 Å². The number of hydrogen-bond donors (Lipinski definition) is 1. The van der Waals surface area contributed by atoms with Crippen LogP contribution in [0.15, 0.2) is 48.0 Å². The van der Waals surface area contributed by atoms with Crippen LogP contribution in [0.1, 0.15) is 37.4 Å². The molecule has 0 saturated carbocycles. The van der Waals surface area contributed by atoms with Crippen LogP contribution in [0.25, 0.3) is 5.76 Å². The summed E-state index contributed by atoms with van der Waals surface area (Å²) < 4.78 is 16.3. The van der Waals surface area contributed by atoms with E-state index in [2.05, 4.69) is 0 Å². The Morgan fingerprint density at radius 3 is 2.31 bits per heavy atom. The molecule has 3 rings (SSSR count). The third-order valence-electron chi connectivity index (χ3n) is 5.61. The number of benzene rings is 2. The van der Waals surface area contributed by atoms with Gasteiger partial charge in [0.1, 0.15) is 5.76 Å². The van der Waals surface area contributed by atoms with Crippen molar-refractivity contribution in [3.63, 3.8) is 0 Å². The second kappa shape index (κ2) is 11.0. The molecule has 1 fully saturated rings. The number of methoxy groups -OCH3 is 2. The molecule has 186 valence electrons. The summed E-state index contributed by atoms with van der Waals surface area (Å²) in [4.78, 5) is 37.9. The highest BCUT2D eigenvalue weighted by Crippen LogP contribution is 2.42. The molecule has 2 aromatic rings. The van der Waals surface area contributed by atoms with E-state index >= 15 is 0 Å². The number of aliphatic hydroxyl groups excluding tert-OH is 1. The van der Waals surface area contributed by atoms with Crippen molar-refractivity contribution in [1.82, 2.24) is 4.90 Å². The zero-order valence-corrected chi connectivity index (χ0v) is 20.0. The van der Waals surface area contributed by atoms with Crippen molar-refractivity contribution < 1.29 is 33.8 Å². The smallest absolute Gasteiger partial charge is 0.295 e. The van der Waals surface area contributed by atoms with E-state index in [0.29, 0.717) is 30.1 Å². The number of amides is 1. The van der Waals surface area contributed by atoms with Crippen molar-refractivity contribution in [3.8, 4) is 11.5 Å². The van der Waals surface area contributed by atoms with Gasteiger partial charge in [-0.3, -0.25) is 19.7 Å². The minimum atomic E-state index is -0.899. The SMILES string of the molecule is COc1ccc([C@@H]2C(=C(O)c3ccc([N+](=O)[O-])cc3)C(=O)C(=O)N2CCCOC(C)C)cc1OC. The molecule has 0 radical (unpaired) electrons. The van der Waals surface area contributed by atoms with Gasteiger partial charge in [0.25, 0.3) is 17.4 Å². The van der Waals surface area contributed by atoms with Crippen molar-refractivity contribution in [2.24, 2.45) is 0 Å². The van der Waals surface area contributed by atoms with E-state index < -0.39 is 28.4 Å². The Morgan fingerprint density at radius 1 is 1.09 bits per heavy atom. The zero-order valence-electron chi connectivity index (χ0n) is 20.0. The van der Waals surface area contributed by atoms with Crippen LogP contribution in [0.5, 0.6) is 11.5 Å². The molecular weight excluding hydrogens is 456 g/mol. The van der Waals surface area contributed by atoms with Crippen molar-refractivity contribution in [1.29, 1.82) is 0 Å². The molecule has 1 heterocycles. The number of nitro groups is 1. The van der Waals surface area contributed by atoms with E-state index in [1.807, 2.05) is 13.8 Å². The Kier molecular flexibility index (Phi) is 8.08. The maximum Gasteiger partial charge on any atom is 0.295 e. The fourth-order valence-electron chi connectivity index (χ4n) is 3.93. The number of hydrogen-bond acceptors (Lipinski definition) is 8. The first-order valence-electron chi connectivity index (χ1n) is 11.1. The minimum absolute atomic E-state index is 0.0224. The summed E-state index contributed by atoms with van der Waals surface area (Å²) in [5.74, 6) is -1.15.